The lowest BCUT2D eigenvalue weighted by Gasteiger charge is -2.42. The first-order chi connectivity index (χ1) is 41.8. The maximum Gasteiger partial charge on any atom is 0.211 e. The summed E-state index contributed by atoms with van der Waals surface area (Å²) in [5.41, 5.74) is 27.7. The number of anilines is 8. The van der Waals surface area contributed by atoms with Gasteiger partial charge < -0.3 is 19.5 Å². The molecule has 0 fully saturated rings. The molecule has 0 atom stereocenters. The molecule has 9 aromatic carbocycles. The van der Waals surface area contributed by atoms with Gasteiger partial charge in [0.2, 0.25) is 7.28 Å². The van der Waals surface area contributed by atoms with Crippen molar-refractivity contribution in [3.05, 3.63) is 214 Å². The van der Waals surface area contributed by atoms with Crippen molar-refractivity contribution >= 4 is 106 Å². The Labute approximate surface area is 534 Å². The van der Waals surface area contributed by atoms with Gasteiger partial charge in [-0.25, -0.2) is 0 Å². The molecule has 0 saturated carbocycles. The zero-order chi connectivity index (χ0) is 62.9. The van der Waals surface area contributed by atoms with Crippen LogP contribution in [0.3, 0.4) is 0 Å². The van der Waals surface area contributed by atoms with Gasteiger partial charge >= 0.3 is 0 Å². The van der Waals surface area contributed by atoms with E-state index >= 15 is 0 Å². The number of hydrogen-bond donors (Lipinski definition) is 1. The molecule has 2 aromatic heterocycles. The summed E-state index contributed by atoms with van der Waals surface area (Å²) in [6.45, 7) is 42.3. The molecule has 3 aliphatic rings. The Morgan fingerprint density at radius 2 is 1.00 bits per heavy atom. The lowest BCUT2D eigenvalue weighted by Crippen LogP contribution is -2.39. The van der Waals surface area contributed by atoms with Gasteiger partial charge in [0.05, 0.1) is 5.69 Å². The van der Waals surface area contributed by atoms with Crippen LogP contribution in [-0.4, -0.2) is 7.28 Å². The summed E-state index contributed by atoms with van der Waals surface area (Å²) < 4.78 is 10.1. The van der Waals surface area contributed by atoms with Crippen LogP contribution in [0, 0.1) is 0 Å². The number of hydrogen-bond acceptors (Lipinski definition) is 5. The highest BCUT2D eigenvalue weighted by molar-refractivity contribution is 7.29. The molecule has 89 heavy (non-hydrogen) atoms. The van der Waals surface area contributed by atoms with Crippen molar-refractivity contribution in [2.45, 2.75) is 175 Å². The molecule has 0 unspecified atom stereocenters. The fourth-order valence-electron chi connectivity index (χ4n) is 14.9. The second-order valence-corrected chi connectivity index (χ2v) is 33.4. The van der Waals surface area contributed by atoms with Crippen LogP contribution in [0.2, 0.25) is 0 Å². The van der Waals surface area contributed by atoms with Crippen molar-refractivity contribution in [2.75, 3.05) is 15.1 Å². The highest BCUT2D eigenvalue weighted by atomic mass is 32.1. The van der Waals surface area contributed by atoms with Crippen LogP contribution < -0.4 is 25.4 Å². The molecule has 0 saturated heterocycles. The normalized spacial score (nSPS) is 15.8. The number of fused-ring (bicyclic) bond motifs is 11. The maximum absolute atomic E-state index is 7.40. The summed E-state index contributed by atoms with van der Waals surface area (Å²) in [4.78, 5) is 5.10. The lowest BCUT2D eigenvalue weighted by molar-refractivity contribution is 0.332. The minimum atomic E-state index is -0.323. The van der Waals surface area contributed by atoms with Gasteiger partial charge in [-0.2, -0.15) is 0 Å². The summed E-state index contributed by atoms with van der Waals surface area (Å²) in [5.74, 6) is 0. The van der Waals surface area contributed by atoms with Gasteiger partial charge in [-0.05, 0) is 208 Å². The predicted molar refractivity (Wildman–Crippen MR) is 388 cm³/mol. The van der Waals surface area contributed by atoms with E-state index in [1.807, 2.05) is 11.3 Å². The maximum atomic E-state index is 7.40. The predicted octanol–water partition coefficient (Wildman–Crippen LogP) is 22.7. The molecule has 0 bridgehead atoms. The van der Waals surface area contributed by atoms with E-state index < -0.39 is 0 Å². The standard InChI is InChI=1S/C83H88BN3OS/c1-77(2,3)49-23-31-53(32-24-49)85-68-47-65-60(59-43-57(39-40-64(59)83(65,17)18)86(54-33-25-50(26-34-54)78(4,5)6)55-35-27-51(28-36-55)79(7,8)9)44-62(68)72-73-69(46-61-58-21-19-20-22-70(58)88-75(61)72)87(56-37-29-52(30-38-56)80(10,11)12)74-63-45-66-67(48-71(63)89-76(74)84-73)82(15,16)42-41-81(66,13)14/h19-40,43-48,84-85H,41-42H2,1-18H3. The van der Waals surface area contributed by atoms with E-state index in [1.165, 1.54) is 93.8 Å². The molecule has 2 aliphatic carbocycles. The highest BCUT2D eigenvalue weighted by Gasteiger charge is 2.42. The van der Waals surface area contributed by atoms with E-state index in [-0.39, 0.29) is 37.9 Å². The number of furan rings is 1. The Bertz CT molecular complexity index is 4580. The SMILES string of the molecule is CC(C)(C)c1ccc(Nc2cc3c(cc2-c2c4c(cc5c2oc2ccccc25)N(c2ccc(C(C)(C)C)cc2)c2c(sc5cc6c(cc25)C(C)(C)CCC6(C)C)B4)-c2cc(N(c4ccc(C(C)(C)C)cc4)c4ccc(C(C)(C)C)cc4)ccc2C3(C)C)cc1. The zero-order valence-electron chi connectivity index (χ0n) is 56.0. The third-order valence-corrected chi connectivity index (χ3v) is 21.7. The third-order valence-electron chi connectivity index (χ3n) is 20.6. The van der Waals surface area contributed by atoms with Crippen LogP contribution in [0.4, 0.5) is 45.5 Å². The molecule has 11 aromatic rings. The molecule has 1 aliphatic heterocycles. The molecule has 0 spiro atoms. The summed E-state index contributed by atoms with van der Waals surface area (Å²) in [6, 6.07) is 65.7. The Hall–Kier alpha value is -7.80. The van der Waals surface area contributed by atoms with E-state index in [1.54, 1.807) is 0 Å². The fraction of sp³-hybridized carbons (Fsp3) is 0.325. The second kappa shape index (κ2) is 20.1. The van der Waals surface area contributed by atoms with E-state index in [0.717, 1.165) is 80.9 Å². The Morgan fingerprint density at radius 1 is 0.483 bits per heavy atom. The molecule has 450 valence electrons. The average molecular weight is 1190 g/mol. The highest BCUT2D eigenvalue weighted by Crippen LogP contribution is 2.56. The first-order valence-electron chi connectivity index (χ1n) is 32.6. The van der Waals surface area contributed by atoms with Gasteiger partial charge in [-0.15, -0.1) is 11.3 Å². The van der Waals surface area contributed by atoms with Crippen LogP contribution in [0.15, 0.2) is 174 Å². The van der Waals surface area contributed by atoms with Crippen LogP contribution in [0.1, 0.15) is 182 Å². The summed E-state index contributed by atoms with van der Waals surface area (Å²) in [7, 11) is 0.750. The number of rotatable bonds is 7. The first kappa shape index (κ1) is 58.9. The van der Waals surface area contributed by atoms with E-state index in [2.05, 4.69) is 310 Å². The molecule has 14 rings (SSSR count). The third kappa shape index (κ3) is 9.85. The number of nitrogens with one attached hydrogen (secondary N) is 1. The summed E-state index contributed by atoms with van der Waals surface area (Å²) in [5, 5.41) is 7.71. The Balaban J connectivity index is 1.05. The molecule has 0 radical (unpaired) electrons. The number of para-hydroxylation sites is 1. The topological polar surface area (TPSA) is 31.7 Å². The van der Waals surface area contributed by atoms with E-state index in [9.17, 15) is 0 Å². The molecule has 6 heteroatoms. The largest absolute Gasteiger partial charge is 0.455 e. The molecule has 1 N–H and O–H groups in total. The molecule has 3 heterocycles. The van der Waals surface area contributed by atoms with Crippen LogP contribution in [0.25, 0.3) is 54.3 Å². The van der Waals surface area contributed by atoms with Crippen LogP contribution >= 0.6 is 11.3 Å². The van der Waals surface area contributed by atoms with Gasteiger partial charge in [0.1, 0.15) is 11.2 Å². The van der Waals surface area contributed by atoms with Crippen molar-refractivity contribution in [1.29, 1.82) is 0 Å². The van der Waals surface area contributed by atoms with Gasteiger partial charge in [0.15, 0.2) is 0 Å². The Kier molecular flexibility index (Phi) is 13.3. The summed E-state index contributed by atoms with van der Waals surface area (Å²) in [6.07, 6.45) is 2.34. The number of thiophene rings is 1. The van der Waals surface area contributed by atoms with Crippen molar-refractivity contribution in [3.8, 4) is 22.3 Å². The van der Waals surface area contributed by atoms with Crippen molar-refractivity contribution in [1.82, 2.24) is 0 Å². The summed E-state index contributed by atoms with van der Waals surface area (Å²) >= 11 is 1.99. The number of benzene rings is 9. The van der Waals surface area contributed by atoms with Gasteiger partial charge in [0.25, 0.3) is 0 Å². The molecular formula is C83H88BN3OS. The minimum Gasteiger partial charge on any atom is -0.455 e. The Morgan fingerprint density at radius 3 is 1.57 bits per heavy atom. The monoisotopic (exact) mass is 1190 g/mol. The molecule has 0 amide bonds. The number of nitrogens with zero attached hydrogens (tertiary/aromatic N) is 2. The smallest absolute Gasteiger partial charge is 0.211 e. The van der Waals surface area contributed by atoms with E-state index in [0.29, 0.717) is 0 Å². The van der Waals surface area contributed by atoms with Crippen LogP contribution in [0.5, 0.6) is 0 Å². The lowest BCUT2D eigenvalue weighted by atomic mass is 9.61. The van der Waals surface area contributed by atoms with Crippen molar-refractivity contribution in [3.63, 3.8) is 0 Å². The quantitative estimate of drug-likeness (QED) is 0.161. The molecular weight excluding hydrogens is 1100 g/mol. The van der Waals surface area contributed by atoms with Crippen LogP contribution in [-0.2, 0) is 37.9 Å². The van der Waals surface area contributed by atoms with Crippen molar-refractivity contribution < 1.29 is 4.42 Å². The van der Waals surface area contributed by atoms with Gasteiger partial charge in [-0.3, -0.25) is 0 Å². The van der Waals surface area contributed by atoms with E-state index in [4.69, 9.17) is 4.42 Å². The fourth-order valence-corrected chi connectivity index (χ4v) is 16.1. The molecule has 4 nitrogen and oxygen atoms in total. The van der Waals surface area contributed by atoms with Gasteiger partial charge in [-0.1, -0.05) is 197 Å². The zero-order valence-corrected chi connectivity index (χ0v) is 56.8. The average Bonchev–Trinajstić information content (AvgIpc) is 1.62. The second-order valence-electron chi connectivity index (χ2n) is 32.2. The minimum absolute atomic E-state index is 0.00324. The first-order valence-corrected chi connectivity index (χ1v) is 33.4. The van der Waals surface area contributed by atoms with Gasteiger partial charge in [0, 0.05) is 77.2 Å². The van der Waals surface area contributed by atoms with Crippen molar-refractivity contribution in [2.24, 2.45) is 0 Å².